The van der Waals surface area contributed by atoms with Crippen molar-refractivity contribution in [3.8, 4) is 0 Å². The molecule has 0 aromatic heterocycles. The average Bonchev–Trinajstić information content (AvgIpc) is 2.95. The molecular weight excluding hydrogens is 350 g/mol. The lowest BCUT2D eigenvalue weighted by Gasteiger charge is -2.60. The zero-order valence-electron chi connectivity index (χ0n) is 16.6. The summed E-state index contributed by atoms with van der Waals surface area (Å²) < 4.78 is 10.4. The summed E-state index contributed by atoms with van der Waals surface area (Å²) in [6, 6.07) is 0. The molecule has 2 aliphatic carbocycles. The molecule has 7 heteroatoms. The van der Waals surface area contributed by atoms with E-state index in [2.05, 4.69) is 24.4 Å². The lowest BCUT2D eigenvalue weighted by Crippen LogP contribution is -2.59. The Balaban J connectivity index is 1.99. The fourth-order valence-corrected chi connectivity index (χ4v) is 4.59. The van der Waals surface area contributed by atoms with Crippen LogP contribution in [0.2, 0.25) is 0 Å². The number of fused-ring (bicyclic) bond motifs is 1. The van der Waals surface area contributed by atoms with Gasteiger partial charge in [-0.25, -0.2) is 4.79 Å². The molecule has 2 rings (SSSR count). The van der Waals surface area contributed by atoms with Gasteiger partial charge in [-0.05, 0) is 30.6 Å². The number of esters is 1. The first-order valence-electron chi connectivity index (χ1n) is 9.70. The Bertz CT molecular complexity index is 616. The fraction of sp³-hybridized carbons (Fsp3) is 0.750. The summed E-state index contributed by atoms with van der Waals surface area (Å²) in [5, 5.41) is 12.1. The van der Waals surface area contributed by atoms with Crippen molar-refractivity contribution in [2.75, 3.05) is 6.54 Å². The third-order valence-electron chi connectivity index (χ3n) is 5.97. The summed E-state index contributed by atoms with van der Waals surface area (Å²) in [7, 11) is 0. The molecule has 152 valence electrons. The molecular formula is C20H31NO6. The molecule has 2 N–H and O–H groups in total. The van der Waals surface area contributed by atoms with E-state index in [1.807, 2.05) is 0 Å². The van der Waals surface area contributed by atoms with Gasteiger partial charge < -0.3 is 19.9 Å². The second-order valence-electron chi connectivity index (χ2n) is 8.15. The molecule has 1 fully saturated rings. The predicted molar refractivity (Wildman–Crippen MR) is 98.8 cm³/mol. The van der Waals surface area contributed by atoms with Crippen molar-refractivity contribution in [2.24, 2.45) is 22.7 Å². The van der Waals surface area contributed by atoms with Crippen LogP contribution in [0.15, 0.2) is 12.2 Å². The lowest BCUT2D eigenvalue weighted by molar-refractivity contribution is -0.175. The van der Waals surface area contributed by atoms with Crippen molar-refractivity contribution >= 4 is 18.0 Å². The largest absolute Gasteiger partial charge is 0.481 e. The molecule has 0 aromatic carbocycles. The number of hydrogen-bond acceptors (Lipinski definition) is 5. The van der Waals surface area contributed by atoms with E-state index in [-0.39, 0.29) is 36.6 Å². The first-order chi connectivity index (χ1) is 12.7. The van der Waals surface area contributed by atoms with Crippen LogP contribution in [0.25, 0.3) is 0 Å². The number of allylic oxidation sites excluding steroid dienone is 2. The Hall–Kier alpha value is -2.05. The molecule has 1 amide bonds. The number of alkyl carbamates (subject to hydrolysis) is 1. The van der Waals surface area contributed by atoms with Crippen molar-refractivity contribution in [3.05, 3.63) is 12.2 Å². The Morgan fingerprint density at radius 2 is 1.96 bits per heavy atom. The molecule has 4 atom stereocenters. The summed E-state index contributed by atoms with van der Waals surface area (Å²) >= 11 is 0. The third kappa shape index (κ3) is 4.45. The topological polar surface area (TPSA) is 102 Å². The van der Waals surface area contributed by atoms with E-state index < -0.39 is 29.7 Å². The highest BCUT2D eigenvalue weighted by atomic mass is 16.7. The van der Waals surface area contributed by atoms with E-state index in [0.29, 0.717) is 0 Å². The normalized spacial score (nSPS) is 29.6. The summed E-state index contributed by atoms with van der Waals surface area (Å²) in [6.07, 6.45) is 5.47. The molecule has 0 spiro atoms. The van der Waals surface area contributed by atoms with Crippen LogP contribution in [0.4, 0.5) is 4.79 Å². The van der Waals surface area contributed by atoms with Gasteiger partial charge >= 0.3 is 18.0 Å². The molecule has 1 saturated carbocycles. The molecule has 0 heterocycles. The van der Waals surface area contributed by atoms with E-state index in [1.165, 1.54) is 0 Å². The standard InChI is InChI=1S/C20H31NO6/c1-5-16(24)26-17(13(3)4)27-18(25)21-12-20(10-15(22)23)11-19(6-2)9-7-8-14(19)20/h7-8,13-14,17H,5-6,9-12H2,1-4H3,(H,21,25)(H,22,23)/t14-,17+,19-,20+/m0/s1. The minimum Gasteiger partial charge on any atom is -0.481 e. The molecule has 2 aliphatic rings. The first-order valence-corrected chi connectivity index (χ1v) is 9.70. The van der Waals surface area contributed by atoms with Crippen LogP contribution < -0.4 is 5.32 Å². The second-order valence-corrected chi connectivity index (χ2v) is 8.15. The molecule has 7 nitrogen and oxygen atoms in total. The molecule has 0 unspecified atom stereocenters. The number of aliphatic carboxylic acids is 1. The van der Waals surface area contributed by atoms with Gasteiger partial charge in [0.1, 0.15) is 0 Å². The Kier molecular flexibility index (Phi) is 6.54. The Morgan fingerprint density at radius 3 is 2.52 bits per heavy atom. The van der Waals surface area contributed by atoms with E-state index in [1.54, 1.807) is 20.8 Å². The number of amides is 1. The average molecular weight is 381 g/mol. The third-order valence-corrected chi connectivity index (χ3v) is 5.97. The molecule has 27 heavy (non-hydrogen) atoms. The second kappa shape index (κ2) is 8.31. The van der Waals surface area contributed by atoms with Gasteiger partial charge in [0.15, 0.2) is 0 Å². The van der Waals surface area contributed by atoms with Gasteiger partial charge in [-0.15, -0.1) is 0 Å². The number of hydrogen-bond donors (Lipinski definition) is 2. The van der Waals surface area contributed by atoms with Gasteiger partial charge in [-0.3, -0.25) is 9.59 Å². The number of carboxylic acids is 1. The maximum Gasteiger partial charge on any atom is 0.410 e. The Labute approximate surface area is 160 Å². The van der Waals surface area contributed by atoms with Crippen LogP contribution >= 0.6 is 0 Å². The van der Waals surface area contributed by atoms with Crippen LogP contribution in [0, 0.1) is 22.7 Å². The smallest absolute Gasteiger partial charge is 0.410 e. The number of carboxylic acid groups (broad SMARTS) is 1. The van der Waals surface area contributed by atoms with Gasteiger partial charge in [-0.2, -0.15) is 0 Å². The monoisotopic (exact) mass is 381 g/mol. The zero-order valence-corrected chi connectivity index (χ0v) is 16.6. The van der Waals surface area contributed by atoms with E-state index >= 15 is 0 Å². The molecule has 0 radical (unpaired) electrons. The highest BCUT2D eigenvalue weighted by molar-refractivity contribution is 5.71. The van der Waals surface area contributed by atoms with Gasteiger partial charge in [0.25, 0.3) is 6.29 Å². The maximum atomic E-state index is 12.3. The highest BCUT2D eigenvalue weighted by Crippen LogP contribution is 2.67. The quantitative estimate of drug-likeness (QED) is 0.360. The fourth-order valence-electron chi connectivity index (χ4n) is 4.59. The summed E-state index contributed by atoms with van der Waals surface area (Å²) in [5.74, 6) is -1.35. The van der Waals surface area contributed by atoms with Crippen LogP contribution in [-0.2, 0) is 19.1 Å². The number of carbonyl (C=O) groups is 3. The molecule has 0 saturated heterocycles. The summed E-state index contributed by atoms with van der Waals surface area (Å²) in [5.41, 5.74) is -0.376. The van der Waals surface area contributed by atoms with E-state index in [9.17, 15) is 19.5 Å². The summed E-state index contributed by atoms with van der Waals surface area (Å²) in [4.78, 5) is 35.2. The van der Waals surface area contributed by atoms with Gasteiger partial charge in [0.05, 0.1) is 6.42 Å². The van der Waals surface area contributed by atoms with Gasteiger partial charge in [0, 0.05) is 24.3 Å². The Morgan fingerprint density at radius 1 is 1.26 bits per heavy atom. The van der Waals surface area contributed by atoms with Crippen molar-refractivity contribution in [1.29, 1.82) is 0 Å². The van der Waals surface area contributed by atoms with E-state index in [0.717, 1.165) is 19.3 Å². The van der Waals surface area contributed by atoms with Crippen LogP contribution in [0.1, 0.15) is 59.8 Å². The first kappa shape index (κ1) is 21.3. The number of carbonyl (C=O) groups excluding carboxylic acids is 2. The van der Waals surface area contributed by atoms with Crippen LogP contribution in [0.5, 0.6) is 0 Å². The molecule has 0 aromatic rings. The SMILES string of the molecule is CCC(=O)O[C@H](OC(=O)NC[C@@]1(CC(=O)O)C[C@]2(CC)CC=C[C@@H]21)C(C)C. The maximum absolute atomic E-state index is 12.3. The zero-order chi connectivity index (χ0) is 20.2. The minimum absolute atomic E-state index is 0.00245. The van der Waals surface area contributed by atoms with Crippen LogP contribution in [-0.4, -0.2) is 36.0 Å². The summed E-state index contributed by atoms with van der Waals surface area (Å²) in [6.45, 7) is 7.60. The van der Waals surface area contributed by atoms with Crippen LogP contribution in [0.3, 0.4) is 0 Å². The number of rotatable bonds is 9. The van der Waals surface area contributed by atoms with Crippen molar-refractivity contribution < 1.29 is 29.0 Å². The van der Waals surface area contributed by atoms with Crippen molar-refractivity contribution in [3.63, 3.8) is 0 Å². The number of nitrogens with one attached hydrogen (secondary N) is 1. The van der Waals surface area contributed by atoms with Gasteiger partial charge in [0.2, 0.25) is 0 Å². The molecule has 0 bridgehead atoms. The lowest BCUT2D eigenvalue weighted by atomic mass is 9.44. The predicted octanol–water partition coefficient (Wildman–Crippen LogP) is 3.49. The molecule has 0 aliphatic heterocycles. The highest BCUT2D eigenvalue weighted by Gasteiger charge is 2.62. The minimum atomic E-state index is -0.963. The van der Waals surface area contributed by atoms with E-state index in [4.69, 9.17) is 9.47 Å². The van der Waals surface area contributed by atoms with Crippen molar-refractivity contribution in [2.45, 2.75) is 66.1 Å². The van der Waals surface area contributed by atoms with Crippen molar-refractivity contribution in [1.82, 2.24) is 5.32 Å². The number of ether oxygens (including phenoxy) is 2. The van der Waals surface area contributed by atoms with Gasteiger partial charge in [-0.1, -0.05) is 39.8 Å².